The second-order valence-electron chi connectivity index (χ2n) is 2.44. The molecule has 1 rings (SSSR count). The summed E-state index contributed by atoms with van der Waals surface area (Å²) in [6.45, 7) is 0. The second-order valence-corrected chi connectivity index (χ2v) is 2.44. The molecule has 0 aromatic heterocycles. The van der Waals surface area contributed by atoms with Gasteiger partial charge in [0.1, 0.15) is 0 Å². The number of rotatable bonds is 1. The molecule has 0 spiro atoms. The molecule has 0 fully saturated rings. The fourth-order valence-electron chi connectivity index (χ4n) is 0.971. The summed E-state index contributed by atoms with van der Waals surface area (Å²) in [5, 5.41) is 8.56. The number of carboxylic acid groups (broad SMARTS) is 1. The van der Waals surface area contributed by atoms with E-state index in [1.54, 1.807) is 12.2 Å². The Morgan fingerprint density at radius 2 is 2.36 bits per heavy atom. The highest BCUT2D eigenvalue weighted by atomic mass is 16.4. The lowest BCUT2D eigenvalue weighted by molar-refractivity contribution is -0.132. The van der Waals surface area contributed by atoms with E-state index in [-0.39, 0.29) is 17.3 Å². The van der Waals surface area contributed by atoms with Crippen molar-refractivity contribution >= 4 is 5.97 Å². The van der Waals surface area contributed by atoms with Crippen LogP contribution >= 0.6 is 0 Å². The molecule has 1 aliphatic rings. The Balaban J connectivity index is 2.86. The molecule has 1 unspecified atom stereocenters. The lowest BCUT2D eigenvalue weighted by Crippen LogP contribution is -2.24. The molecule has 11 heavy (non-hydrogen) atoms. The van der Waals surface area contributed by atoms with E-state index in [4.69, 9.17) is 16.6 Å². The Morgan fingerprint density at radius 1 is 1.73 bits per heavy atom. The van der Waals surface area contributed by atoms with Crippen LogP contribution in [0.3, 0.4) is 0 Å². The first-order valence-corrected chi connectivity index (χ1v) is 3.28. The highest BCUT2D eigenvalue weighted by Crippen LogP contribution is 2.13. The van der Waals surface area contributed by atoms with E-state index in [1.807, 2.05) is 0 Å². The van der Waals surface area contributed by atoms with Crippen molar-refractivity contribution in [1.29, 1.82) is 0 Å². The summed E-state index contributed by atoms with van der Waals surface area (Å²) in [4.78, 5) is 10.4. The minimum Gasteiger partial charge on any atom is -0.478 e. The summed E-state index contributed by atoms with van der Waals surface area (Å²) >= 11 is 0. The zero-order chi connectivity index (χ0) is 8.43. The molecule has 0 aromatic rings. The van der Waals surface area contributed by atoms with Crippen LogP contribution in [-0.4, -0.2) is 17.1 Å². The van der Waals surface area contributed by atoms with Crippen LogP contribution in [0.4, 0.5) is 0 Å². The highest BCUT2D eigenvalue weighted by Gasteiger charge is 2.15. The molecule has 0 radical (unpaired) electrons. The third-order valence-electron chi connectivity index (χ3n) is 1.53. The standard InChI is InChI=1S/C7H10N2O2/c8-4-1-2-5(7(10)11)6(9)3-4/h2-4H,1,8-9H2,(H,10,11). The van der Waals surface area contributed by atoms with Crippen LogP contribution in [0.2, 0.25) is 0 Å². The molecule has 60 valence electrons. The number of aliphatic carboxylic acids is 1. The van der Waals surface area contributed by atoms with Crippen molar-refractivity contribution in [3.05, 3.63) is 23.4 Å². The van der Waals surface area contributed by atoms with Crippen LogP contribution in [0.15, 0.2) is 23.4 Å². The second kappa shape index (κ2) is 2.75. The van der Waals surface area contributed by atoms with Gasteiger partial charge in [-0.1, -0.05) is 6.08 Å². The Kier molecular flexibility index (Phi) is 1.96. The van der Waals surface area contributed by atoms with Gasteiger partial charge in [0.25, 0.3) is 0 Å². The maximum absolute atomic E-state index is 10.4. The first kappa shape index (κ1) is 7.81. The molecule has 4 nitrogen and oxygen atoms in total. The van der Waals surface area contributed by atoms with Crippen molar-refractivity contribution in [2.75, 3.05) is 0 Å². The normalized spacial score (nSPS) is 23.9. The fourth-order valence-corrected chi connectivity index (χ4v) is 0.971. The molecule has 0 saturated heterocycles. The Hall–Kier alpha value is -1.29. The minimum absolute atomic E-state index is 0.141. The molecular weight excluding hydrogens is 144 g/mol. The molecule has 1 atom stereocenters. The van der Waals surface area contributed by atoms with Gasteiger partial charge in [0.2, 0.25) is 0 Å². The van der Waals surface area contributed by atoms with Crippen molar-refractivity contribution in [3.8, 4) is 0 Å². The van der Waals surface area contributed by atoms with Gasteiger partial charge < -0.3 is 16.6 Å². The van der Waals surface area contributed by atoms with Crippen molar-refractivity contribution in [2.24, 2.45) is 11.5 Å². The Labute approximate surface area is 64.2 Å². The lowest BCUT2D eigenvalue weighted by Gasteiger charge is -2.12. The predicted molar refractivity (Wildman–Crippen MR) is 40.6 cm³/mol. The van der Waals surface area contributed by atoms with Crippen molar-refractivity contribution in [1.82, 2.24) is 0 Å². The van der Waals surface area contributed by atoms with E-state index in [0.717, 1.165) is 0 Å². The maximum Gasteiger partial charge on any atom is 0.337 e. The van der Waals surface area contributed by atoms with Crippen LogP contribution in [0, 0.1) is 0 Å². The van der Waals surface area contributed by atoms with Crippen molar-refractivity contribution in [3.63, 3.8) is 0 Å². The van der Waals surface area contributed by atoms with Crippen LogP contribution < -0.4 is 11.5 Å². The van der Waals surface area contributed by atoms with E-state index in [9.17, 15) is 4.79 Å². The zero-order valence-corrected chi connectivity index (χ0v) is 5.95. The lowest BCUT2D eigenvalue weighted by atomic mass is 10.0. The smallest absolute Gasteiger partial charge is 0.337 e. The van der Waals surface area contributed by atoms with E-state index in [1.165, 1.54) is 0 Å². The average molecular weight is 154 g/mol. The van der Waals surface area contributed by atoms with Gasteiger partial charge in [-0.05, 0) is 12.5 Å². The SMILES string of the molecule is NC1=CC(N)CC=C1C(=O)O. The van der Waals surface area contributed by atoms with Gasteiger partial charge in [-0.2, -0.15) is 0 Å². The number of hydrogen-bond acceptors (Lipinski definition) is 3. The van der Waals surface area contributed by atoms with Gasteiger partial charge in [0.05, 0.1) is 5.57 Å². The summed E-state index contributed by atoms with van der Waals surface area (Å²) in [5.41, 5.74) is 11.3. The summed E-state index contributed by atoms with van der Waals surface area (Å²) < 4.78 is 0. The van der Waals surface area contributed by atoms with Crippen LogP contribution in [-0.2, 0) is 4.79 Å². The molecule has 5 N–H and O–H groups in total. The molecule has 1 aliphatic carbocycles. The Bertz CT molecular complexity index is 243. The number of carbonyl (C=O) groups is 1. The molecule has 0 bridgehead atoms. The largest absolute Gasteiger partial charge is 0.478 e. The van der Waals surface area contributed by atoms with Crippen molar-refractivity contribution in [2.45, 2.75) is 12.5 Å². The zero-order valence-electron chi connectivity index (χ0n) is 5.95. The molecular formula is C7H10N2O2. The van der Waals surface area contributed by atoms with Gasteiger partial charge in [-0.3, -0.25) is 0 Å². The molecule has 0 aliphatic heterocycles. The predicted octanol–water partition coefficient (Wildman–Crippen LogP) is -0.429. The average Bonchev–Trinajstić information content (AvgIpc) is 1.85. The first-order valence-electron chi connectivity index (χ1n) is 3.28. The number of hydrogen-bond donors (Lipinski definition) is 3. The molecule has 0 amide bonds. The van der Waals surface area contributed by atoms with Gasteiger partial charge >= 0.3 is 5.97 Å². The molecule has 0 heterocycles. The number of nitrogens with two attached hydrogens (primary N) is 2. The topological polar surface area (TPSA) is 89.3 Å². The van der Waals surface area contributed by atoms with E-state index in [0.29, 0.717) is 6.42 Å². The third-order valence-corrected chi connectivity index (χ3v) is 1.53. The van der Waals surface area contributed by atoms with Gasteiger partial charge in [-0.15, -0.1) is 0 Å². The van der Waals surface area contributed by atoms with Crippen LogP contribution in [0.1, 0.15) is 6.42 Å². The van der Waals surface area contributed by atoms with Crippen LogP contribution in [0.25, 0.3) is 0 Å². The summed E-state index contributed by atoms with van der Waals surface area (Å²) in [5.74, 6) is -0.995. The Morgan fingerprint density at radius 3 is 2.82 bits per heavy atom. The quantitative estimate of drug-likeness (QED) is 0.478. The fraction of sp³-hybridized carbons (Fsp3) is 0.286. The van der Waals surface area contributed by atoms with Gasteiger partial charge in [0, 0.05) is 11.7 Å². The van der Waals surface area contributed by atoms with Crippen LogP contribution in [0.5, 0.6) is 0 Å². The first-order chi connectivity index (χ1) is 5.11. The monoisotopic (exact) mass is 154 g/mol. The highest BCUT2D eigenvalue weighted by molar-refractivity contribution is 5.91. The molecule has 0 saturated carbocycles. The molecule has 0 aromatic carbocycles. The third kappa shape index (κ3) is 1.59. The number of carboxylic acids is 1. The summed E-state index contributed by atoms with van der Waals surface area (Å²) in [6, 6.07) is -0.141. The maximum atomic E-state index is 10.4. The van der Waals surface area contributed by atoms with E-state index < -0.39 is 5.97 Å². The molecule has 4 heteroatoms. The van der Waals surface area contributed by atoms with E-state index in [2.05, 4.69) is 0 Å². The minimum atomic E-state index is -0.995. The van der Waals surface area contributed by atoms with Gasteiger partial charge in [-0.25, -0.2) is 4.79 Å². The van der Waals surface area contributed by atoms with Gasteiger partial charge in [0.15, 0.2) is 0 Å². The summed E-state index contributed by atoms with van der Waals surface area (Å²) in [7, 11) is 0. The summed E-state index contributed by atoms with van der Waals surface area (Å²) in [6.07, 6.45) is 3.65. The van der Waals surface area contributed by atoms with E-state index >= 15 is 0 Å². The van der Waals surface area contributed by atoms with Crippen molar-refractivity contribution < 1.29 is 9.90 Å².